The smallest absolute Gasteiger partial charge is 0.140 e. The van der Waals surface area contributed by atoms with Crippen LogP contribution in [0.3, 0.4) is 0 Å². The lowest BCUT2D eigenvalue weighted by Gasteiger charge is -1.93. The van der Waals surface area contributed by atoms with Crippen LogP contribution in [0.25, 0.3) is 6.08 Å². The molecule has 0 aromatic carbocycles. The first-order valence-electron chi connectivity index (χ1n) is 3.74. The summed E-state index contributed by atoms with van der Waals surface area (Å²) in [7, 11) is 0. The average Bonchev–Trinajstić information content (AvgIpc) is 2.37. The Kier molecular flexibility index (Phi) is 3.23. The van der Waals surface area contributed by atoms with Crippen LogP contribution in [0, 0.1) is 0 Å². The summed E-state index contributed by atoms with van der Waals surface area (Å²) < 4.78 is 5.28. The lowest BCUT2D eigenvalue weighted by Crippen LogP contribution is -1.70. The van der Waals surface area contributed by atoms with Crippen molar-refractivity contribution < 1.29 is 4.42 Å². The van der Waals surface area contributed by atoms with Gasteiger partial charge in [-0.25, -0.2) is 0 Å². The van der Waals surface area contributed by atoms with Crippen LogP contribution in [0.2, 0.25) is 0 Å². The van der Waals surface area contributed by atoms with E-state index in [9.17, 15) is 0 Å². The number of thioether (sulfide) groups is 1. The van der Waals surface area contributed by atoms with Gasteiger partial charge in [0, 0.05) is 0 Å². The van der Waals surface area contributed by atoms with Crippen LogP contribution < -0.4 is 0 Å². The van der Waals surface area contributed by atoms with Crippen LogP contribution in [0.15, 0.2) is 39.2 Å². The van der Waals surface area contributed by atoms with Crippen molar-refractivity contribution in [1.29, 1.82) is 0 Å². The molecule has 0 saturated heterocycles. The molecule has 0 saturated carbocycles. The van der Waals surface area contributed by atoms with Gasteiger partial charge in [-0.3, -0.25) is 0 Å². The first-order valence-corrected chi connectivity index (χ1v) is 4.62. The minimum absolute atomic E-state index is 0.917. The highest BCUT2D eigenvalue weighted by Crippen LogP contribution is 2.25. The average molecular weight is 180 g/mol. The molecule has 0 spiro atoms. The molecule has 0 bridgehead atoms. The molecule has 1 aromatic rings. The zero-order valence-corrected chi connectivity index (χ0v) is 8.15. The van der Waals surface area contributed by atoms with Crippen molar-refractivity contribution >= 4 is 17.8 Å². The molecule has 1 nitrogen and oxygen atoms in total. The van der Waals surface area contributed by atoms with Gasteiger partial charge in [-0.15, -0.1) is 0 Å². The second-order valence-electron chi connectivity index (χ2n) is 2.66. The van der Waals surface area contributed by atoms with Gasteiger partial charge in [-0.1, -0.05) is 23.9 Å². The number of hydrogen-bond acceptors (Lipinski definition) is 2. The van der Waals surface area contributed by atoms with Crippen LogP contribution in [-0.2, 0) is 0 Å². The van der Waals surface area contributed by atoms with Gasteiger partial charge in [-0.2, -0.15) is 0 Å². The van der Waals surface area contributed by atoms with E-state index in [1.807, 2.05) is 26.0 Å². The van der Waals surface area contributed by atoms with Gasteiger partial charge in [-0.05, 0) is 31.4 Å². The van der Waals surface area contributed by atoms with Gasteiger partial charge >= 0.3 is 0 Å². The third kappa shape index (κ3) is 2.31. The fourth-order valence-corrected chi connectivity index (χ4v) is 1.40. The molecule has 64 valence electrons. The predicted octanol–water partition coefficient (Wildman–Crippen LogP) is 3.94. The van der Waals surface area contributed by atoms with Gasteiger partial charge in [0.05, 0.1) is 11.2 Å². The molecule has 0 atom stereocenters. The SMILES string of the molecule is C=CSc1ccoc1C=C(C)C. The van der Waals surface area contributed by atoms with Crippen LogP contribution in [0.4, 0.5) is 0 Å². The molecule has 0 unspecified atom stereocenters. The minimum Gasteiger partial charge on any atom is -0.464 e. The second-order valence-corrected chi connectivity index (χ2v) is 3.66. The summed E-state index contributed by atoms with van der Waals surface area (Å²) in [6, 6.07) is 1.95. The standard InChI is InChI=1S/C10H12OS/c1-4-12-10-5-6-11-9(10)7-8(2)3/h4-7H,1H2,2-3H3. The van der Waals surface area contributed by atoms with Crippen LogP contribution in [0.5, 0.6) is 0 Å². The lowest BCUT2D eigenvalue weighted by molar-refractivity contribution is 0.550. The van der Waals surface area contributed by atoms with E-state index in [1.165, 1.54) is 5.57 Å². The molecule has 12 heavy (non-hydrogen) atoms. The number of allylic oxidation sites excluding steroid dienone is 1. The second kappa shape index (κ2) is 4.21. The predicted molar refractivity (Wildman–Crippen MR) is 54.1 cm³/mol. The van der Waals surface area contributed by atoms with E-state index < -0.39 is 0 Å². The Morgan fingerprint density at radius 3 is 2.92 bits per heavy atom. The van der Waals surface area contributed by atoms with Crippen molar-refractivity contribution in [2.45, 2.75) is 18.7 Å². The maximum atomic E-state index is 5.28. The summed E-state index contributed by atoms with van der Waals surface area (Å²) in [5.41, 5.74) is 1.23. The minimum atomic E-state index is 0.917. The van der Waals surface area contributed by atoms with E-state index in [2.05, 4.69) is 6.58 Å². The maximum Gasteiger partial charge on any atom is 0.140 e. The third-order valence-electron chi connectivity index (χ3n) is 1.29. The Hall–Kier alpha value is -0.890. The normalized spacial score (nSPS) is 9.50. The topological polar surface area (TPSA) is 13.1 Å². The molecule has 2 heteroatoms. The zero-order valence-electron chi connectivity index (χ0n) is 7.33. The molecule has 0 fully saturated rings. The Morgan fingerprint density at radius 1 is 1.58 bits per heavy atom. The van der Waals surface area contributed by atoms with Crippen molar-refractivity contribution in [2.24, 2.45) is 0 Å². The van der Waals surface area contributed by atoms with Gasteiger partial charge in [0.1, 0.15) is 5.76 Å². The van der Waals surface area contributed by atoms with Crippen LogP contribution in [-0.4, -0.2) is 0 Å². The number of rotatable bonds is 3. The summed E-state index contributed by atoms with van der Waals surface area (Å²) >= 11 is 1.58. The van der Waals surface area contributed by atoms with E-state index in [1.54, 1.807) is 23.4 Å². The molecular weight excluding hydrogens is 168 g/mol. The van der Waals surface area contributed by atoms with E-state index in [0.717, 1.165) is 10.7 Å². The fourth-order valence-electron chi connectivity index (χ4n) is 0.864. The maximum absolute atomic E-state index is 5.28. The molecule has 0 amide bonds. The molecular formula is C10H12OS. The van der Waals surface area contributed by atoms with E-state index in [-0.39, 0.29) is 0 Å². The highest BCUT2D eigenvalue weighted by atomic mass is 32.2. The molecule has 0 radical (unpaired) electrons. The van der Waals surface area contributed by atoms with Crippen molar-refractivity contribution in [3.05, 3.63) is 35.6 Å². The van der Waals surface area contributed by atoms with E-state index >= 15 is 0 Å². The summed E-state index contributed by atoms with van der Waals surface area (Å²) in [6.07, 6.45) is 3.71. The monoisotopic (exact) mass is 180 g/mol. The molecule has 1 rings (SSSR count). The Balaban J connectivity index is 2.91. The van der Waals surface area contributed by atoms with Crippen LogP contribution in [0.1, 0.15) is 19.6 Å². The fraction of sp³-hybridized carbons (Fsp3) is 0.200. The van der Waals surface area contributed by atoms with Gasteiger partial charge < -0.3 is 4.42 Å². The Bertz CT molecular complexity index is 293. The number of hydrogen-bond donors (Lipinski definition) is 0. The molecule has 0 aliphatic carbocycles. The summed E-state index contributed by atoms with van der Waals surface area (Å²) in [4.78, 5) is 1.12. The van der Waals surface area contributed by atoms with Gasteiger partial charge in [0.15, 0.2) is 0 Å². The molecule has 1 aromatic heterocycles. The van der Waals surface area contributed by atoms with Crippen molar-refractivity contribution in [3.63, 3.8) is 0 Å². The first-order chi connectivity index (χ1) is 5.74. The highest BCUT2D eigenvalue weighted by molar-refractivity contribution is 8.02. The van der Waals surface area contributed by atoms with Crippen molar-refractivity contribution in [2.75, 3.05) is 0 Å². The zero-order chi connectivity index (χ0) is 8.97. The lowest BCUT2D eigenvalue weighted by atomic mass is 10.3. The molecule has 0 aliphatic heterocycles. The van der Waals surface area contributed by atoms with Crippen molar-refractivity contribution in [1.82, 2.24) is 0 Å². The highest BCUT2D eigenvalue weighted by Gasteiger charge is 2.01. The molecule has 0 N–H and O–H groups in total. The van der Waals surface area contributed by atoms with Crippen LogP contribution >= 0.6 is 11.8 Å². The Morgan fingerprint density at radius 2 is 2.33 bits per heavy atom. The first kappa shape index (κ1) is 9.20. The summed E-state index contributed by atoms with van der Waals surface area (Å²) in [5, 5.41) is 1.80. The summed E-state index contributed by atoms with van der Waals surface area (Å²) in [6.45, 7) is 7.75. The number of furan rings is 1. The van der Waals surface area contributed by atoms with Gasteiger partial charge in [0.25, 0.3) is 0 Å². The Labute approximate surface area is 77.2 Å². The quantitative estimate of drug-likeness (QED) is 0.653. The summed E-state index contributed by atoms with van der Waals surface area (Å²) in [5.74, 6) is 0.917. The largest absolute Gasteiger partial charge is 0.464 e. The third-order valence-corrected chi connectivity index (χ3v) is 2.05. The van der Waals surface area contributed by atoms with Crippen molar-refractivity contribution in [3.8, 4) is 0 Å². The molecule has 1 heterocycles. The van der Waals surface area contributed by atoms with E-state index in [0.29, 0.717) is 0 Å². The van der Waals surface area contributed by atoms with Gasteiger partial charge in [0.2, 0.25) is 0 Å². The van der Waals surface area contributed by atoms with E-state index in [4.69, 9.17) is 4.42 Å². The molecule has 0 aliphatic rings.